The minimum Gasteiger partial charge on any atom is -0.444 e. The number of benzene rings is 1. The average molecular weight is 487 g/mol. The molecule has 3 amide bonds. The number of nitrogens with zero attached hydrogens (tertiary/aromatic N) is 2. The van der Waals surface area contributed by atoms with Crippen LogP contribution in [0.4, 0.5) is 4.79 Å². The zero-order valence-electron chi connectivity index (χ0n) is 22.5. The number of rotatable bonds is 11. The molecule has 0 aliphatic rings. The van der Waals surface area contributed by atoms with Gasteiger partial charge in [0, 0.05) is 6.54 Å². The fourth-order valence-corrected chi connectivity index (χ4v) is 3.61. The molecule has 0 aliphatic carbocycles. The van der Waals surface area contributed by atoms with Crippen LogP contribution in [0.15, 0.2) is 18.2 Å². The van der Waals surface area contributed by atoms with Gasteiger partial charge in [-0.05, 0) is 70.1 Å². The summed E-state index contributed by atoms with van der Waals surface area (Å²) in [5.74, 6) is -0.785. The number of carbonyl (C=O) groups excluding carboxylic acids is 3. The first-order chi connectivity index (χ1) is 16.3. The standard InChI is InChI=1S/C27H42N4O4/c1-9-10-14-29-24(32)23(21-12-11-19(4)20(5)17-21)31(15-13-28)25(33)22(16-18(2)3)30-26(34)35-27(6,7)8/h11-12,17-18,22-23H,9-10,14-16H2,1-8H3,(H,29,32)(H,30,34). The van der Waals surface area contributed by atoms with Crippen molar-refractivity contribution in [2.75, 3.05) is 13.1 Å². The Morgan fingerprint density at radius 2 is 1.80 bits per heavy atom. The van der Waals surface area contributed by atoms with Gasteiger partial charge in [-0.25, -0.2) is 4.79 Å². The van der Waals surface area contributed by atoms with Crippen molar-refractivity contribution in [3.63, 3.8) is 0 Å². The molecule has 0 aromatic heterocycles. The first-order valence-corrected chi connectivity index (χ1v) is 12.3. The fraction of sp³-hybridized carbons (Fsp3) is 0.630. The molecule has 0 bridgehead atoms. The van der Waals surface area contributed by atoms with Crippen LogP contribution in [0.3, 0.4) is 0 Å². The van der Waals surface area contributed by atoms with Gasteiger partial charge in [-0.3, -0.25) is 9.59 Å². The van der Waals surface area contributed by atoms with E-state index in [9.17, 15) is 19.6 Å². The van der Waals surface area contributed by atoms with E-state index in [1.807, 2.05) is 58.9 Å². The monoisotopic (exact) mass is 486 g/mol. The van der Waals surface area contributed by atoms with E-state index in [-0.39, 0.29) is 18.4 Å². The Balaban J connectivity index is 3.44. The lowest BCUT2D eigenvalue weighted by atomic mass is 9.97. The highest BCUT2D eigenvalue weighted by Gasteiger charge is 2.36. The van der Waals surface area contributed by atoms with Crippen LogP contribution in [0, 0.1) is 31.1 Å². The lowest BCUT2D eigenvalue weighted by Crippen LogP contribution is -2.53. The largest absolute Gasteiger partial charge is 0.444 e. The molecule has 0 fully saturated rings. The minimum atomic E-state index is -1.01. The van der Waals surface area contributed by atoms with Crippen LogP contribution in [0.25, 0.3) is 0 Å². The molecule has 8 nitrogen and oxygen atoms in total. The van der Waals surface area contributed by atoms with Crippen molar-refractivity contribution in [3.8, 4) is 6.07 Å². The average Bonchev–Trinajstić information content (AvgIpc) is 2.73. The molecule has 0 heterocycles. The lowest BCUT2D eigenvalue weighted by Gasteiger charge is -2.33. The van der Waals surface area contributed by atoms with Crippen LogP contribution >= 0.6 is 0 Å². The molecule has 0 saturated heterocycles. The topological polar surface area (TPSA) is 112 Å². The number of ether oxygens (including phenoxy) is 1. The maximum atomic E-state index is 13.8. The Morgan fingerprint density at radius 1 is 1.14 bits per heavy atom. The summed E-state index contributed by atoms with van der Waals surface area (Å²) in [6, 6.07) is 5.65. The molecular formula is C27H42N4O4. The second-order valence-electron chi connectivity index (χ2n) is 10.3. The normalized spacial score (nSPS) is 12.9. The number of unbranched alkanes of at least 4 members (excludes halogenated alkanes) is 1. The summed E-state index contributed by atoms with van der Waals surface area (Å²) in [6.45, 7) is 15.2. The van der Waals surface area contributed by atoms with E-state index in [0.29, 0.717) is 18.5 Å². The summed E-state index contributed by atoms with van der Waals surface area (Å²) >= 11 is 0. The number of alkyl carbamates (subject to hydrolysis) is 1. The van der Waals surface area contributed by atoms with Crippen molar-refractivity contribution in [1.29, 1.82) is 5.26 Å². The molecule has 1 aromatic rings. The maximum absolute atomic E-state index is 13.8. The zero-order valence-corrected chi connectivity index (χ0v) is 22.5. The molecule has 194 valence electrons. The van der Waals surface area contributed by atoms with Gasteiger partial charge in [0.25, 0.3) is 0 Å². The van der Waals surface area contributed by atoms with Crippen LogP contribution in [0.1, 0.15) is 83.5 Å². The van der Waals surface area contributed by atoms with Crippen molar-refractivity contribution in [3.05, 3.63) is 34.9 Å². The number of aryl methyl sites for hydroxylation is 2. The van der Waals surface area contributed by atoms with Crippen molar-refractivity contribution < 1.29 is 19.1 Å². The number of amides is 3. The van der Waals surface area contributed by atoms with Crippen LogP contribution in [0.2, 0.25) is 0 Å². The molecule has 0 radical (unpaired) electrons. The van der Waals surface area contributed by atoms with Gasteiger partial charge in [-0.1, -0.05) is 45.4 Å². The van der Waals surface area contributed by atoms with Gasteiger partial charge in [0.1, 0.15) is 24.2 Å². The van der Waals surface area contributed by atoms with E-state index in [2.05, 4.69) is 10.6 Å². The summed E-state index contributed by atoms with van der Waals surface area (Å²) in [4.78, 5) is 40.9. The molecule has 35 heavy (non-hydrogen) atoms. The van der Waals surface area contributed by atoms with E-state index in [0.717, 1.165) is 24.0 Å². The molecule has 2 unspecified atom stereocenters. The summed E-state index contributed by atoms with van der Waals surface area (Å²) in [7, 11) is 0. The number of carbonyl (C=O) groups is 3. The van der Waals surface area contributed by atoms with Gasteiger partial charge in [0.2, 0.25) is 11.8 Å². The van der Waals surface area contributed by atoms with E-state index in [4.69, 9.17) is 4.74 Å². The predicted octanol–water partition coefficient (Wildman–Crippen LogP) is 4.55. The van der Waals surface area contributed by atoms with Crippen molar-refractivity contribution in [1.82, 2.24) is 15.5 Å². The minimum absolute atomic E-state index is 0.0706. The maximum Gasteiger partial charge on any atom is 0.408 e. The molecule has 1 aromatic carbocycles. The Kier molecular flexibility index (Phi) is 11.7. The van der Waals surface area contributed by atoms with E-state index < -0.39 is 29.7 Å². The summed E-state index contributed by atoms with van der Waals surface area (Å²) in [5, 5.41) is 15.2. The lowest BCUT2D eigenvalue weighted by molar-refractivity contribution is -0.142. The van der Waals surface area contributed by atoms with E-state index in [1.165, 1.54) is 4.90 Å². The highest BCUT2D eigenvalue weighted by Crippen LogP contribution is 2.25. The van der Waals surface area contributed by atoms with Crippen LogP contribution < -0.4 is 10.6 Å². The molecule has 2 atom stereocenters. The Hall–Kier alpha value is -3.08. The highest BCUT2D eigenvalue weighted by atomic mass is 16.6. The Morgan fingerprint density at radius 3 is 2.31 bits per heavy atom. The van der Waals surface area contributed by atoms with Gasteiger partial charge in [0.05, 0.1) is 6.07 Å². The molecular weight excluding hydrogens is 444 g/mol. The van der Waals surface area contributed by atoms with Crippen LogP contribution in [-0.4, -0.2) is 47.5 Å². The predicted molar refractivity (Wildman–Crippen MR) is 137 cm³/mol. The number of hydrogen-bond donors (Lipinski definition) is 2. The summed E-state index contributed by atoms with van der Waals surface area (Å²) in [6.07, 6.45) is 1.32. The third kappa shape index (κ3) is 9.97. The van der Waals surface area contributed by atoms with E-state index >= 15 is 0 Å². The quantitative estimate of drug-likeness (QED) is 0.352. The Labute approximate surface area is 210 Å². The summed E-state index contributed by atoms with van der Waals surface area (Å²) < 4.78 is 5.36. The molecule has 0 aliphatic heterocycles. The third-order valence-corrected chi connectivity index (χ3v) is 5.46. The number of hydrogen-bond acceptors (Lipinski definition) is 5. The van der Waals surface area contributed by atoms with Gasteiger partial charge < -0.3 is 20.3 Å². The summed E-state index contributed by atoms with van der Waals surface area (Å²) in [5.41, 5.74) is 1.92. The van der Waals surface area contributed by atoms with Gasteiger partial charge >= 0.3 is 6.09 Å². The van der Waals surface area contributed by atoms with Crippen LogP contribution in [0.5, 0.6) is 0 Å². The second-order valence-corrected chi connectivity index (χ2v) is 10.3. The molecule has 1 rings (SSSR count). The van der Waals surface area contributed by atoms with Crippen molar-refractivity contribution in [2.45, 2.75) is 92.3 Å². The molecule has 8 heteroatoms. The number of nitriles is 1. The Bertz CT molecular complexity index is 915. The van der Waals surface area contributed by atoms with Gasteiger partial charge in [0.15, 0.2) is 0 Å². The highest BCUT2D eigenvalue weighted by molar-refractivity contribution is 5.92. The van der Waals surface area contributed by atoms with Gasteiger partial charge in [-0.2, -0.15) is 5.26 Å². The SMILES string of the molecule is CCCCNC(=O)C(c1ccc(C)c(C)c1)N(CC#N)C(=O)C(CC(C)C)NC(=O)OC(C)(C)C. The third-order valence-electron chi connectivity index (χ3n) is 5.46. The first-order valence-electron chi connectivity index (χ1n) is 12.3. The van der Waals surface area contributed by atoms with Crippen LogP contribution in [-0.2, 0) is 14.3 Å². The smallest absolute Gasteiger partial charge is 0.408 e. The van der Waals surface area contributed by atoms with E-state index in [1.54, 1.807) is 20.8 Å². The first kappa shape index (κ1) is 30.0. The van der Waals surface area contributed by atoms with Crippen molar-refractivity contribution >= 4 is 17.9 Å². The fourth-order valence-electron chi connectivity index (χ4n) is 3.61. The second kappa shape index (κ2) is 13.7. The number of nitrogens with one attached hydrogen (secondary N) is 2. The zero-order chi connectivity index (χ0) is 26.8. The molecule has 0 saturated carbocycles. The molecule has 2 N–H and O–H groups in total. The molecule has 0 spiro atoms. The van der Waals surface area contributed by atoms with Gasteiger partial charge in [-0.15, -0.1) is 0 Å². The van der Waals surface area contributed by atoms with Crippen molar-refractivity contribution in [2.24, 2.45) is 5.92 Å².